The lowest BCUT2D eigenvalue weighted by atomic mass is 9.70. The van der Waals surface area contributed by atoms with E-state index in [-0.39, 0.29) is 5.92 Å². The molecular formula is C27H30N2O2. The van der Waals surface area contributed by atoms with E-state index in [9.17, 15) is 9.90 Å². The van der Waals surface area contributed by atoms with E-state index in [0.717, 1.165) is 50.0 Å². The summed E-state index contributed by atoms with van der Waals surface area (Å²) >= 11 is 0. The largest absolute Gasteiger partial charge is 0.388 e. The smallest absolute Gasteiger partial charge is 0.150 e. The van der Waals surface area contributed by atoms with Gasteiger partial charge in [-0.1, -0.05) is 72.8 Å². The van der Waals surface area contributed by atoms with E-state index in [0.29, 0.717) is 11.1 Å². The molecule has 3 aromatic rings. The number of piperidine rings is 1. The van der Waals surface area contributed by atoms with Crippen LogP contribution in [0.3, 0.4) is 0 Å². The highest BCUT2D eigenvalue weighted by Crippen LogP contribution is 2.45. The second-order valence-corrected chi connectivity index (χ2v) is 8.30. The summed E-state index contributed by atoms with van der Waals surface area (Å²) in [7, 11) is 1.87. The van der Waals surface area contributed by atoms with Crippen LogP contribution in [-0.4, -0.2) is 36.4 Å². The van der Waals surface area contributed by atoms with Crippen LogP contribution >= 0.6 is 0 Å². The van der Waals surface area contributed by atoms with Crippen molar-refractivity contribution in [3.05, 3.63) is 101 Å². The predicted octanol–water partition coefficient (Wildman–Crippen LogP) is 4.69. The topological polar surface area (TPSA) is 52.6 Å². The molecule has 3 aromatic carbocycles. The number of aliphatic hydroxyl groups is 1. The van der Waals surface area contributed by atoms with Crippen LogP contribution in [0, 0.1) is 5.92 Å². The van der Waals surface area contributed by atoms with Crippen LogP contribution < -0.4 is 5.32 Å². The molecular weight excluding hydrogens is 384 g/mol. The van der Waals surface area contributed by atoms with Gasteiger partial charge in [-0.15, -0.1) is 0 Å². The van der Waals surface area contributed by atoms with Gasteiger partial charge in [0.2, 0.25) is 0 Å². The normalized spacial score (nSPS) is 17.1. The first-order chi connectivity index (χ1) is 15.2. The molecule has 31 heavy (non-hydrogen) atoms. The number of carbonyl (C=O) groups excluding carboxylic acids is 1. The van der Waals surface area contributed by atoms with Gasteiger partial charge < -0.3 is 10.4 Å². The van der Waals surface area contributed by atoms with Gasteiger partial charge in [-0.3, -0.25) is 9.69 Å². The van der Waals surface area contributed by atoms with Crippen LogP contribution in [-0.2, 0) is 12.1 Å². The fourth-order valence-electron chi connectivity index (χ4n) is 4.92. The molecule has 1 fully saturated rings. The van der Waals surface area contributed by atoms with Crippen molar-refractivity contribution in [3.63, 3.8) is 0 Å². The molecule has 160 valence electrons. The minimum atomic E-state index is -1.24. The molecule has 0 amide bonds. The minimum Gasteiger partial charge on any atom is -0.388 e. The van der Waals surface area contributed by atoms with Crippen molar-refractivity contribution >= 4 is 12.0 Å². The number of likely N-dealkylation sites (tertiary alicyclic amines) is 1. The Morgan fingerprint density at radius 1 is 0.935 bits per heavy atom. The maximum Gasteiger partial charge on any atom is 0.150 e. The Balaban J connectivity index is 1.67. The van der Waals surface area contributed by atoms with Crippen LogP contribution in [0.5, 0.6) is 0 Å². The van der Waals surface area contributed by atoms with Crippen LogP contribution in [0.1, 0.15) is 39.9 Å². The highest BCUT2D eigenvalue weighted by molar-refractivity contribution is 5.79. The number of nitrogens with one attached hydrogen (secondary N) is 1. The lowest BCUT2D eigenvalue weighted by molar-refractivity contribution is -0.0151. The lowest BCUT2D eigenvalue weighted by Crippen LogP contribution is -2.44. The number of hydrogen-bond donors (Lipinski definition) is 2. The standard InChI is InChI=1S/C27H30N2O2/c1-28-26-14-8-7-13-25(26)27(31,24-12-6-5-11-22(24)20-30)23-15-17-29(18-16-23)19-21-9-3-2-4-10-21/h2-14,20,23,28,31H,15-19H2,1H3. The summed E-state index contributed by atoms with van der Waals surface area (Å²) in [6.07, 6.45) is 2.57. The first-order valence-electron chi connectivity index (χ1n) is 11.0. The van der Waals surface area contributed by atoms with E-state index >= 15 is 0 Å². The Hall–Kier alpha value is -2.95. The fraction of sp³-hybridized carbons (Fsp3) is 0.296. The van der Waals surface area contributed by atoms with Crippen LogP contribution in [0.15, 0.2) is 78.9 Å². The molecule has 0 spiro atoms. The number of benzene rings is 3. The first kappa shape index (κ1) is 21.3. The molecule has 0 bridgehead atoms. The lowest BCUT2D eigenvalue weighted by Gasteiger charge is -2.43. The van der Waals surface area contributed by atoms with Crippen LogP contribution in [0.2, 0.25) is 0 Å². The summed E-state index contributed by atoms with van der Waals surface area (Å²) in [5, 5.41) is 15.6. The number of nitrogens with zero attached hydrogens (tertiary/aromatic N) is 1. The third-order valence-corrected chi connectivity index (χ3v) is 6.53. The number of rotatable bonds is 7. The monoisotopic (exact) mass is 414 g/mol. The summed E-state index contributed by atoms with van der Waals surface area (Å²) < 4.78 is 0. The number of hydrogen-bond acceptors (Lipinski definition) is 4. The molecule has 0 aromatic heterocycles. The summed E-state index contributed by atoms with van der Waals surface area (Å²) in [5.74, 6) is 0.00937. The maximum absolute atomic E-state index is 12.4. The van der Waals surface area contributed by atoms with E-state index < -0.39 is 5.60 Å². The average molecular weight is 415 g/mol. The molecule has 4 rings (SSSR count). The second kappa shape index (κ2) is 9.46. The first-order valence-corrected chi connectivity index (χ1v) is 11.0. The van der Waals surface area contributed by atoms with Gasteiger partial charge in [0.1, 0.15) is 11.9 Å². The zero-order chi connectivity index (χ0) is 21.7. The van der Waals surface area contributed by atoms with Gasteiger partial charge in [0.25, 0.3) is 0 Å². The third-order valence-electron chi connectivity index (χ3n) is 6.53. The van der Waals surface area contributed by atoms with Crippen molar-refractivity contribution in [2.24, 2.45) is 5.92 Å². The Kier molecular flexibility index (Phi) is 6.50. The zero-order valence-corrected chi connectivity index (χ0v) is 18.0. The Morgan fingerprint density at radius 2 is 1.55 bits per heavy atom. The molecule has 1 saturated heterocycles. The fourth-order valence-corrected chi connectivity index (χ4v) is 4.92. The van der Waals surface area contributed by atoms with E-state index in [4.69, 9.17) is 0 Å². The predicted molar refractivity (Wildman–Crippen MR) is 125 cm³/mol. The molecule has 4 heteroatoms. The summed E-state index contributed by atoms with van der Waals surface area (Å²) in [5.41, 5.74) is 3.02. The summed E-state index contributed by atoms with van der Waals surface area (Å²) in [6.45, 7) is 2.74. The van der Waals surface area contributed by atoms with E-state index in [1.54, 1.807) is 6.07 Å². The minimum absolute atomic E-state index is 0.00937. The van der Waals surface area contributed by atoms with Crippen molar-refractivity contribution < 1.29 is 9.90 Å². The number of carbonyl (C=O) groups is 1. The van der Waals surface area contributed by atoms with Crippen LogP contribution in [0.25, 0.3) is 0 Å². The third kappa shape index (κ3) is 4.27. The van der Waals surface area contributed by atoms with Gasteiger partial charge >= 0.3 is 0 Å². The van der Waals surface area contributed by atoms with Gasteiger partial charge in [-0.25, -0.2) is 0 Å². The van der Waals surface area contributed by atoms with Crippen LogP contribution in [0.4, 0.5) is 5.69 Å². The van der Waals surface area contributed by atoms with Crippen molar-refractivity contribution in [1.82, 2.24) is 4.90 Å². The number of para-hydroxylation sites is 1. The highest BCUT2D eigenvalue weighted by atomic mass is 16.3. The van der Waals surface area contributed by atoms with E-state index in [1.807, 2.05) is 55.6 Å². The molecule has 0 aliphatic carbocycles. The van der Waals surface area contributed by atoms with Gasteiger partial charge in [-0.05, 0) is 49.0 Å². The van der Waals surface area contributed by atoms with E-state index in [1.165, 1.54) is 5.56 Å². The maximum atomic E-state index is 12.4. The average Bonchev–Trinajstić information content (AvgIpc) is 2.84. The Morgan fingerprint density at radius 3 is 2.23 bits per heavy atom. The van der Waals surface area contributed by atoms with Crippen molar-refractivity contribution in [2.45, 2.75) is 25.0 Å². The van der Waals surface area contributed by atoms with Crippen molar-refractivity contribution in [2.75, 3.05) is 25.5 Å². The Labute approximate surface area is 184 Å². The molecule has 2 N–H and O–H groups in total. The van der Waals surface area contributed by atoms with Crippen molar-refractivity contribution in [1.29, 1.82) is 0 Å². The molecule has 0 saturated carbocycles. The molecule has 1 unspecified atom stereocenters. The van der Waals surface area contributed by atoms with Gasteiger partial charge in [-0.2, -0.15) is 0 Å². The molecule has 1 aliphatic heterocycles. The SMILES string of the molecule is CNc1ccccc1C(O)(c1ccccc1C=O)C1CCN(Cc2ccccc2)CC1. The van der Waals surface area contributed by atoms with Crippen molar-refractivity contribution in [3.8, 4) is 0 Å². The van der Waals surface area contributed by atoms with Gasteiger partial charge in [0.05, 0.1) is 0 Å². The van der Waals surface area contributed by atoms with E-state index in [2.05, 4.69) is 34.5 Å². The quantitative estimate of drug-likeness (QED) is 0.551. The van der Waals surface area contributed by atoms with Gasteiger partial charge in [0, 0.05) is 30.4 Å². The number of aldehydes is 1. The highest BCUT2D eigenvalue weighted by Gasteiger charge is 2.44. The molecule has 1 heterocycles. The molecule has 0 radical (unpaired) electrons. The summed E-state index contributed by atoms with van der Waals surface area (Å²) in [6, 6.07) is 25.8. The molecule has 1 atom stereocenters. The zero-order valence-electron chi connectivity index (χ0n) is 18.0. The molecule has 1 aliphatic rings. The summed E-state index contributed by atoms with van der Waals surface area (Å²) in [4.78, 5) is 14.3. The van der Waals surface area contributed by atoms with Gasteiger partial charge in [0.15, 0.2) is 0 Å². The second-order valence-electron chi connectivity index (χ2n) is 8.30. The number of anilines is 1. The molecule has 4 nitrogen and oxygen atoms in total. The Bertz CT molecular complexity index is 1010.